The van der Waals surface area contributed by atoms with Crippen LogP contribution < -0.4 is 11.1 Å². The Morgan fingerprint density at radius 3 is 2.88 bits per heavy atom. The van der Waals surface area contributed by atoms with Crippen molar-refractivity contribution in [1.82, 2.24) is 19.6 Å². The second-order valence-electron chi connectivity index (χ2n) is 3.50. The van der Waals surface area contributed by atoms with E-state index >= 15 is 0 Å². The maximum atomic E-state index is 11.7. The molecule has 0 spiro atoms. The molecule has 0 aliphatic heterocycles. The molecule has 0 fully saturated rings. The standard InChI is InChI=1S/C11H9N5O/c17-11-14-9-6-12-7-13-10(9)16(11)15-8-4-2-1-3-5-8/h1-7,15H,(H,14,17). The highest BCUT2D eigenvalue weighted by atomic mass is 16.2. The van der Waals surface area contributed by atoms with Gasteiger partial charge in [-0.05, 0) is 12.1 Å². The van der Waals surface area contributed by atoms with Crippen molar-refractivity contribution in [3.63, 3.8) is 0 Å². The molecule has 0 saturated heterocycles. The van der Waals surface area contributed by atoms with Gasteiger partial charge in [0.1, 0.15) is 11.8 Å². The molecule has 1 aromatic carbocycles. The van der Waals surface area contributed by atoms with Crippen LogP contribution >= 0.6 is 0 Å². The fourth-order valence-electron chi connectivity index (χ4n) is 1.60. The van der Waals surface area contributed by atoms with E-state index in [1.165, 1.54) is 11.0 Å². The van der Waals surface area contributed by atoms with Crippen molar-refractivity contribution in [1.29, 1.82) is 0 Å². The van der Waals surface area contributed by atoms with Gasteiger partial charge in [0.05, 0.1) is 11.9 Å². The van der Waals surface area contributed by atoms with Gasteiger partial charge in [0.25, 0.3) is 0 Å². The van der Waals surface area contributed by atoms with E-state index in [0.29, 0.717) is 11.2 Å². The largest absolute Gasteiger partial charge is 0.346 e. The fourth-order valence-corrected chi connectivity index (χ4v) is 1.60. The molecule has 3 aromatic rings. The lowest BCUT2D eigenvalue weighted by Crippen LogP contribution is -2.23. The zero-order valence-corrected chi connectivity index (χ0v) is 8.79. The van der Waals surface area contributed by atoms with E-state index in [0.717, 1.165) is 5.69 Å². The number of rotatable bonds is 2. The molecule has 3 rings (SSSR count). The van der Waals surface area contributed by atoms with E-state index in [1.807, 2.05) is 30.3 Å². The number of fused-ring (bicyclic) bond motifs is 1. The summed E-state index contributed by atoms with van der Waals surface area (Å²) in [7, 11) is 0. The third kappa shape index (κ3) is 1.65. The summed E-state index contributed by atoms with van der Waals surface area (Å²) < 4.78 is 1.35. The lowest BCUT2D eigenvalue weighted by atomic mass is 10.3. The van der Waals surface area contributed by atoms with Crippen LogP contribution in [0.4, 0.5) is 5.69 Å². The third-order valence-electron chi connectivity index (χ3n) is 2.36. The topological polar surface area (TPSA) is 75.6 Å². The Hall–Kier alpha value is -2.63. The van der Waals surface area contributed by atoms with Crippen LogP contribution in [-0.2, 0) is 0 Å². The minimum Gasteiger partial charge on any atom is -0.301 e. The number of aromatic nitrogens is 4. The van der Waals surface area contributed by atoms with Crippen LogP contribution in [-0.4, -0.2) is 19.6 Å². The number of hydrogen-bond acceptors (Lipinski definition) is 4. The average molecular weight is 227 g/mol. The van der Waals surface area contributed by atoms with Gasteiger partial charge in [-0.25, -0.2) is 14.8 Å². The number of anilines is 1. The first-order valence-corrected chi connectivity index (χ1v) is 5.07. The number of aromatic amines is 1. The molecule has 0 aliphatic carbocycles. The van der Waals surface area contributed by atoms with Crippen LogP contribution in [0.15, 0.2) is 47.7 Å². The predicted molar refractivity (Wildman–Crippen MR) is 63.6 cm³/mol. The molecule has 17 heavy (non-hydrogen) atoms. The number of nitrogens with zero attached hydrogens (tertiary/aromatic N) is 3. The van der Waals surface area contributed by atoms with Gasteiger partial charge in [0.15, 0.2) is 5.65 Å². The first-order valence-electron chi connectivity index (χ1n) is 5.07. The average Bonchev–Trinajstić information content (AvgIpc) is 2.68. The smallest absolute Gasteiger partial charge is 0.301 e. The highest BCUT2D eigenvalue weighted by molar-refractivity contribution is 5.69. The molecule has 6 nitrogen and oxygen atoms in total. The molecule has 2 aromatic heterocycles. The second kappa shape index (κ2) is 3.75. The first kappa shape index (κ1) is 9.59. The molecule has 0 saturated carbocycles. The minimum atomic E-state index is -0.274. The number of imidazole rings is 1. The van der Waals surface area contributed by atoms with Crippen molar-refractivity contribution in [2.75, 3.05) is 5.43 Å². The van der Waals surface area contributed by atoms with Crippen LogP contribution in [0.1, 0.15) is 0 Å². The summed E-state index contributed by atoms with van der Waals surface area (Å²) in [6, 6.07) is 9.42. The molecule has 84 valence electrons. The highest BCUT2D eigenvalue weighted by Crippen LogP contribution is 2.08. The Morgan fingerprint density at radius 1 is 1.24 bits per heavy atom. The number of H-pyrrole nitrogens is 1. The summed E-state index contributed by atoms with van der Waals surface area (Å²) in [6.45, 7) is 0. The fraction of sp³-hybridized carbons (Fsp3) is 0. The molecule has 0 aliphatic rings. The number of hydrogen-bond donors (Lipinski definition) is 2. The van der Waals surface area contributed by atoms with Crippen molar-refractivity contribution in [3.05, 3.63) is 53.3 Å². The van der Waals surface area contributed by atoms with Crippen molar-refractivity contribution < 1.29 is 0 Å². The van der Waals surface area contributed by atoms with Crippen molar-refractivity contribution in [2.24, 2.45) is 0 Å². The number of para-hydroxylation sites is 1. The zero-order chi connectivity index (χ0) is 11.7. The van der Waals surface area contributed by atoms with Crippen LogP contribution in [0.3, 0.4) is 0 Å². The molecule has 2 heterocycles. The number of nitrogens with one attached hydrogen (secondary N) is 2. The lowest BCUT2D eigenvalue weighted by molar-refractivity contribution is 0.914. The van der Waals surface area contributed by atoms with Gasteiger partial charge in [-0.1, -0.05) is 18.2 Å². The Kier molecular flexibility index (Phi) is 2.11. The van der Waals surface area contributed by atoms with Gasteiger partial charge in [-0.15, -0.1) is 0 Å². The van der Waals surface area contributed by atoms with Gasteiger partial charge < -0.3 is 4.98 Å². The van der Waals surface area contributed by atoms with Crippen molar-refractivity contribution >= 4 is 16.9 Å². The van der Waals surface area contributed by atoms with Gasteiger partial charge in [-0.3, -0.25) is 5.43 Å². The molecule has 0 amide bonds. The normalized spacial score (nSPS) is 10.6. The van der Waals surface area contributed by atoms with Crippen molar-refractivity contribution in [3.8, 4) is 0 Å². The SMILES string of the molecule is O=c1[nH]c2cncnc2n1Nc1ccccc1. The summed E-state index contributed by atoms with van der Waals surface area (Å²) in [6.07, 6.45) is 2.96. The van der Waals surface area contributed by atoms with Gasteiger partial charge in [0.2, 0.25) is 0 Å². The van der Waals surface area contributed by atoms with Crippen LogP contribution in [0, 0.1) is 0 Å². The third-order valence-corrected chi connectivity index (χ3v) is 2.36. The molecule has 0 unspecified atom stereocenters. The molecule has 0 bridgehead atoms. The van der Waals surface area contributed by atoms with E-state index < -0.39 is 0 Å². The summed E-state index contributed by atoms with van der Waals surface area (Å²) in [5.41, 5.74) is 4.64. The maximum absolute atomic E-state index is 11.7. The molecule has 2 N–H and O–H groups in total. The highest BCUT2D eigenvalue weighted by Gasteiger charge is 2.07. The molecule has 6 heteroatoms. The summed E-state index contributed by atoms with van der Waals surface area (Å²) in [4.78, 5) is 22.3. The Bertz CT molecular complexity index is 700. The van der Waals surface area contributed by atoms with Gasteiger partial charge in [0, 0.05) is 0 Å². The Morgan fingerprint density at radius 2 is 2.06 bits per heavy atom. The van der Waals surface area contributed by atoms with Gasteiger partial charge >= 0.3 is 5.69 Å². The summed E-state index contributed by atoms with van der Waals surface area (Å²) >= 11 is 0. The van der Waals surface area contributed by atoms with E-state index in [9.17, 15) is 4.79 Å². The van der Waals surface area contributed by atoms with E-state index in [1.54, 1.807) is 6.20 Å². The lowest BCUT2D eigenvalue weighted by Gasteiger charge is -2.05. The second-order valence-corrected chi connectivity index (χ2v) is 3.50. The van der Waals surface area contributed by atoms with Crippen molar-refractivity contribution in [2.45, 2.75) is 0 Å². The zero-order valence-electron chi connectivity index (χ0n) is 8.79. The Labute approximate surface area is 95.9 Å². The van der Waals surface area contributed by atoms with E-state index in [2.05, 4.69) is 20.4 Å². The van der Waals surface area contributed by atoms with E-state index in [4.69, 9.17) is 0 Å². The summed E-state index contributed by atoms with van der Waals surface area (Å²) in [5.74, 6) is 0. The monoisotopic (exact) mass is 227 g/mol. The maximum Gasteiger partial charge on any atom is 0.346 e. The molecule has 0 radical (unpaired) electrons. The molecular formula is C11H9N5O. The van der Waals surface area contributed by atoms with E-state index in [-0.39, 0.29) is 5.69 Å². The van der Waals surface area contributed by atoms with Crippen LogP contribution in [0.5, 0.6) is 0 Å². The predicted octanol–water partition coefficient (Wildman–Crippen LogP) is 0.995. The number of benzene rings is 1. The van der Waals surface area contributed by atoms with Crippen LogP contribution in [0.2, 0.25) is 0 Å². The Balaban J connectivity index is 2.12. The first-order chi connectivity index (χ1) is 8.34. The summed E-state index contributed by atoms with van der Waals surface area (Å²) in [5, 5.41) is 0. The molecular weight excluding hydrogens is 218 g/mol. The molecule has 0 atom stereocenters. The van der Waals surface area contributed by atoms with Gasteiger partial charge in [-0.2, -0.15) is 4.68 Å². The van der Waals surface area contributed by atoms with Crippen LogP contribution in [0.25, 0.3) is 11.2 Å². The minimum absolute atomic E-state index is 0.274. The quantitative estimate of drug-likeness (QED) is 0.684.